The van der Waals surface area contributed by atoms with E-state index in [4.69, 9.17) is 0 Å². The molecule has 1 atom stereocenters. The number of rotatable bonds is 6. The molecule has 0 aliphatic carbocycles. The molecule has 2 amide bonds. The molecule has 0 aliphatic heterocycles. The fourth-order valence-electron chi connectivity index (χ4n) is 3.21. The van der Waals surface area contributed by atoms with Gasteiger partial charge in [-0.25, -0.2) is 0 Å². The molecule has 0 saturated heterocycles. The van der Waals surface area contributed by atoms with Gasteiger partial charge in [-0.1, -0.05) is 80.6 Å². The zero-order valence-electron chi connectivity index (χ0n) is 16.8. The SMILES string of the molecule is CCC(C)c1ccccc1NC(=O)C(=O)N(Cc1ccccc1)c1ccccc1. The molecule has 0 aliphatic rings. The lowest BCUT2D eigenvalue weighted by atomic mass is 9.97. The Kier molecular flexibility index (Phi) is 6.80. The number of benzene rings is 3. The molecular formula is C25H26N2O2. The van der Waals surface area contributed by atoms with Crippen LogP contribution in [-0.4, -0.2) is 11.8 Å². The third-order valence-electron chi connectivity index (χ3n) is 5.04. The average Bonchev–Trinajstić information content (AvgIpc) is 2.78. The van der Waals surface area contributed by atoms with E-state index in [0.29, 0.717) is 17.9 Å². The number of carbonyl (C=O) groups is 2. The summed E-state index contributed by atoms with van der Waals surface area (Å²) in [4.78, 5) is 27.5. The van der Waals surface area contributed by atoms with Gasteiger partial charge in [0.05, 0.1) is 6.54 Å². The summed E-state index contributed by atoms with van der Waals surface area (Å²) in [5.41, 5.74) is 3.36. The summed E-state index contributed by atoms with van der Waals surface area (Å²) >= 11 is 0. The molecule has 0 fully saturated rings. The molecule has 3 aromatic rings. The van der Waals surface area contributed by atoms with Gasteiger partial charge < -0.3 is 5.32 Å². The molecule has 1 unspecified atom stereocenters. The predicted molar refractivity (Wildman–Crippen MR) is 118 cm³/mol. The van der Waals surface area contributed by atoms with E-state index in [2.05, 4.69) is 19.2 Å². The van der Waals surface area contributed by atoms with Crippen LogP contribution in [0.4, 0.5) is 11.4 Å². The Morgan fingerprint density at radius 1 is 0.862 bits per heavy atom. The number of hydrogen-bond acceptors (Lipinski definition) is 2. The van der Waals surface area contributed by atoms with E-state index < -0.39 is 11.8 Å². The zero-order chi connectivity index (χ0) is 20.6. The Morgan fingerprint density at radius 3 is 2.10 bits per heavy atom. The van der Waals surface area contributed by atoms with Crippen LogP contribution in [0.1, 0.15) is 37.3 Å². The first-order chi connectivity index (χ1) is 14.1. The van der Waals surface area contributed by atoms with Crippen molar-refractivity contribution in [3.8, 4) is 0 Å². The summed E-state index contributed by atoms with van der Waals surface area (Å²) < 4.78 is 0. The Balaban J connectivity index is 1.85. The summed E-state index contributed by atoms with van der Waals surface area (Å²) in [6, 6.07) is 26.6. The first kappa shape index (κ1) is 20.3. The summed E-state index contributed by atoms with van der Waals surface area (Å²) in [7, 11) is 0. The Labute approximate surface area is 172 Å². The molecule has 3 rings (SSSR count). The molecular weight excluding hydrogens is 360 g/mol. The number of nitrogens with zero attached hydrogens (tertiary/aromatic N) is 1. The fourth-order valence-corrected chi connectivity index (χ4v) is 3.21. The number of amides is 2. The van der Waals surface area contributed by atoms with Gasteiger partial charge in [0.15, 0.2) is 0 Å². The monoisotopic (exact) mass is 386 g/mol. The number of hydrogen-bond donors (Lipinski definition) is 1. The van der Waals surface area contributed by atoms with Crippen LogP contribution in [0.5, 0.6) is 0 Å². The minimum absolute atomic E-state index is 0.288. The number of anilines is 2. The van der Waals surface area contributed by atoms with Crippen LogP contribution in [0.3, 0.4) is 0 Å². The van der Waals surface area contributed by atoms with Gasteiger partial charge in [0, 0.05) is 11.4 Å². The Morgan fingerprint density at radius 2 is 1.45 bits per heavy atom. The van der Waals surface area contributed by atoms with Crippen molar-refractivity contribution < 1.29 is 9.59 Å². The summed E-state index contributed by atoms with van der Waals surface area (Å²) in [6.07, 6.45) is 0.949. The van der Waals surface area contributed by atoms with Crippen LogP contribution < -0.4 is 10.2 Å². The first-order valence-corrected chi connectivity index (χ1v) is 9.91. The van der Waals surface area contributed by atoms with Crippen molar-refractivity contribution >= 4 is 23.2 Å². The first-order valence-electron chi connectivity index (χ1n) is 9.91. The molecule has 4 nitrogen and oxygen atoms in total. The molecule has 0 aromatic heterocycles. The maximum Gasteiger partial charge on any atom is 0.316 e. The van der Waals surface area contributed by atoms with Crippen LogP contribution in [0.25, 0.3) is 0 Å². The highest BCUT2D eigenvalue weighted by atomic mass is 16.2. The Bertz CT molecular complexity index is 955. The standard InChI is InChI=1S/C25H26N2O2/c1-3-19(2)22-16-10-11-17-23(22)26-24(28)25(29)27(21-14-8-5-9-15-21)18-20-12-6-4-7-13-20/h4-17,19H,3,18H2,1-2H3,(H,26,28). The smallest absolute Gasteiger partial charge is 0.316 e. The van der Waals surface area contributed by atoms with Crippen molar-refractivity contribution in [1.29, 1.82) is 0 Å². The van der Waals surface area contributed by atoms with E-state index in [1.165, 1.54) is 4.90 Å². The minimum Gasteiger partial charge on any atom is -0.318 e. The highest BCUT2D eigenvalue weighted by Crippen LogP contribution is 2.27. The van der Waals surface area contributed by atoms with Crippen molar-refractivity contribution in [3.05, 3.63) is 96.1 Å². The van der Waals surface area contributed by atoms with Gasteiger partial charge in [-0.15, -0.1) is 0 Å². The third-order valence-corrected chi connectivity index (χ3v) is 5.04. The largest absolute Gasteiger partial charge is 0.318 e. The minimum atomic E-state index is -0.638. The second-order valence-corrected chi connectivity index (χ2v) is 7.06. The van der Waals surface area contributed by atoms with Crippen molar-refractivity contribution in [1.82, 2.24) is 0 Å². The molecule has 0 spiro atoms. The third kappa shape index (κ3) is 5.11. The van der Waals surface area contributed by atoms with Crippen LogP contribution in [0.2, 0.25) is 0 Å². The molecule has 0 bridgehead atoms. The van der Waals surface area contributed by atoms with Crippen molar-refractivity contribution in [2.24, 2.45) is 0 Å². The van der Waals surface area contributed by atoms with Crippen molar-refractivity contribution in [3.63, 3.8) is 0 Å². The number of carbonyl (C=O) groups excluding carboxylic acids is 2. The second kappa shape index (κ2) is 9.69. The van der Waals surface area contributed by atoms with Crippen LogP contribution in [-0.2, 0) is 16.1 Å². The second-order valence-electron chi connectivity index (χ2n) is 7.06. The van der Waals surface area contributed by atoms with E-state index in [1.807, 2.05) is 84.9 Å². The number of nitrogens with one attached hydrogen (secondary N) is 1. The molecule has 0 saturated carbocycles. The van der Waals surface area contributed by atoms with Gasteiger partial charge in [0.25, 0.3) is 0 Å². The van der Waals surface area contributed by atoms with Gasteiger partial charge in [-0.3, -0.25) is 14.5 Å². The maximum absolute atomic E-state index is 13.1. The summed E-state index contributed by atoms with van der Waals surface area (Å²) in [5, 5.41) is 2.83. The normalized spacial score (nSPS) is 11.5. The molecule has 0 radical (unpaired) electrons. The number of para-hydroxylation sites is 2. The lowest BCUT2D eigenvalue weighted by Gasteiger charge is -2.23. The molecule has 4 heteroatoms. The van der Waals surface area contributed by atoms with Crippen LogP contribution in [0, 0.1) is 0 Å². The molecule has 1 N–H and O–H groups in total. The van der Waals surface area contributed by atoms with Gasteiger partial charge in [-0.05, 0) is 41.7 Å². The summed E-state index contributed by atoms with van der Waals surface area (Å²) in [5.74, 6) is -0.935. The quantitative estimate of drug-likeness (QED) is 0.579. The van der Waals surface area contributed by atoms with Crippen molar-refractivity contribution in [2.75, 3.05) is 10.2 Å². The van der Waals surface area contributed by atoms with E-state index in [-0.39, 0.29) is 5.92 Å². The van der Waals surface area contributed by atoms with E-state index in [9.17, 15) is 9.59 Å². The Hall–Kier alpha value is -3.40. The van der Waals surface area contributed by atoms with E-state index >= 15 is 0 Å². The predicted octanol–water partition coefficient (Wildman–Crippen LogP) is 5.37. The summed E-state index contributed by atoms with van der Waals surface area (Å²) in [6.45, 7) is 4.54. The van der Waals surface area contributed by atoms with Gasteiger partial charge in [0.2, 0.25) is 0 Å². The topological polar surface area (TPSA) is 49.4 Å². The van der Waals surface area contributed by atoms with Crippen LogP contribution >= 0.6 is 0 Å². The lowest BCUT2D eigenvalue weighted by Crippen LogP contribution is -2.39. The van der Waals surface area contributed by atoms with Crippen molar-refractivity contribution in [2.45, 2.75) is 32.7 Å². The molecule has 29 heavy (non-hydrogen) atoms. The molecule has 148 valence electrons. The van der Waals surface area contributed by atoms with Crippen LogP contribution in [0.15, 0.2) is 84.9 Å². The molecule has 3 aromatic carbocycles. The molecule has 0 heterocycles. The van der Waals surface area contributed by atoms with E-state index in [1.54, 1.807) is 0 Å². The average molecular weight is 386 g/mol. The highest BCUT2D eigenvalue weighted by molar-refractivity contribution is 6.44. The maximum atomic E-state index is 13.1. The lowest BCUT2D eigenvalue weighted by molar-refractivity contribution is -0.134. The van der Waals surface area contributed by atoms with Gasteiger partial charge in [-0.2, -0.15) is 0 Å². The van der Waals surface area contributed by atoms with Gasteiger partial charge >= 0.3 is 11.8 Å². The zero-order valence-corrected chi connectivity index (χ0v) is 16.8. The van der Waals surface area contributed by atoms with Gasteiger partial charge in [0.1, 0.15) is 0 Å². The fraction of sp³-hybridized carbons (Fsp3) is 0.200. The van der Waals surface area contributed by atoms with E-state index in [0.717, 1.165) is 17.5 Å². The highest BCUT2D eigenvalue weighted by Gasteiger charge is 2.24.